The van der Waals surface area contributed by atoms with Gasteiger partial charge in [-0.15, -0.1) is 0 Å². The van der Waals surface area contributed by atoms with Gasteiger partial charge in [0.25, 0.3) is 5.91 Å². The molecule has 1 amide bonds. The van der Waals surface area contributed by atoms with Crippen molar-refractivity contribution in [3.63, 3.8) is 0 Å². The van der Waals surface area contributed by atoms with E-state index in [1.165, 1.54) is 16.7 Å². The van der Waals surface area contributed by atoms with E-state index in [0.717, 1.165) is 22.2 Å². The van der Waals surface area contributed by atoms with Crippen LogP contribution in [0.3, 0.4) is 0 Å². The molecule has 0 unspecified atom stereocenters. The second-order valence-electron chi connectivity index (χ2n) is 6.51. The van der Waals surface area contributed by atoms with Gasteiger partial charge >= 0.3 is 0 Å². The number of benzene rings is 2. The summed E-state index contributed by atoms with van der Waals surface area (Å²) in [5.74, 6) is -0.136. The number of fused-ring (bicyclic) bond motifs is 1. The predicted octanol–water partition coefficient (Wildman–Crippen LogP) is 4.11. The van der Waals surface area contributed by atoms with Crippen LogP contribution in [-0.2, 0) is 11.3 Å². The molecule has 0 bridgehead atoms. The number of hydrogen-bond donors (Lipinski definition) is 1. The summed E-state index contributed by atoms with van der Waals surface area (Å²) in [5.41, 5.74) is 9.21. The van der Waals surface area contributed by atoms with Crippen molar-refractivity contribution in [2.24, 2.45) is 5.10 Å². The van der Waals surface area contributed by atoms with Crippen LogP contribution in [0.25, 0.3) is 10.9 Å². The van der Waals surface area contributed by atoms with Gasteiger partial charge in [0, 0.05) is 17.3 Å². The summed E-state index contributed by atoms with van der Waals surface area (Å²) in [6, 6.07) is 14.3. The highest BCUT2D eigenvalue weighted by molar-refractivity contribution is 6.01. The number of rotatable bonds is 4. The van der Waals surface area contributed by atoms with Crippen molar-refractivity contribution >= 4 is 22.5 Å². The molecular formula is C21H23N3O. The van der Waals surface area contributed by atoms with E-state index in [4.69, 9.17) is 0 Å². The molecule has 0 atom stereocenters. The first kappa shape index (κ1) is 17.0. The van der Waals surface area contributed by atoms with Gasteiger partial charge in [-0.2, -0.15) is 5.10 Å². The van der Waals surface area contributed by atoms with Crippen LogP contribution in [-0.4, -0.2) is 16.2 Å². The molecular weight excluding hydrogens is 310 g/mol. The van der Waals surface area contributed by atoms with Gasteiger partial charge in [-0.1, -0.05) is 35.9 Å². The summed E-state index contributed by atoms with van der Waals surface area (Å²) in [4.78, 5) is 12.3. The van der Waals surface area contributed by atoms with E-state index in [1.54, 1.807) is 0 Å². The SMILES string of the molecule is C/C(=N/NC(=O)Cn1ccc2ccccc21)c1c(C)cc(C)cc1C. The molecule has 0 saturated carbocycles. The number of carbonyl (C=O) groups is 1. The van der Waals surface area contributed by atoms with Crippen molar-refractivity contribution in [1.29, 1.82) is 0 Å². The number of hydrogen-bond acceptors (Lipinski definition) is 2. The number of aromatic nitrogens is 1. The highest BCUT2D eigenvalue weighted by Crippen LogP contribution is 2.17. The monoisotopic (exact) mass is 333 g/mol. The lowest BCUT2D eigenvalue weighted by atomic mass is 9.97. The Labute approximate surface area is 148 Å². The average Bonchev–Trinajstić information content (AvgIpc) is 2.95. The van der Waals surface area contributed by atoms with Gasteiger partial charge in [0.2, 0.25) is 0 Å². The molecule has 0 radical (unpaired) electrons. The summed E-state index contributed by atoms with van der Waals surface area (Å²) >= 11 is 0. The molecule has 3 aromatic rings. The Bertz CT molecular complexity index is 943. The highest BCUT2D eigenvalue weighted by Gasteiger charge is 2.09. The van der Waals surface area contributed by atoms with Crippen molar-refractivity contribution in [2.75, 3.05) is 0 Å². The van der Waals surface area contributed by atoms with Gasteiger partial charge in [-0.3, -0.25) is 4.79 Å². The van der Waals surface area contributed by atoms with Crippen molar-refractivity contribution < 1.29 is 4.79 Å². The van der Waals surface area contributed by atoms with Crippen LogP contribution in [0.5, 0.6) is 0 Å². The third-order valence-electron chi connectivity index (χ3n) is 4.38. The Kier molecular flexibility index (Phi) is 4.70. The number of carbonyl (C=O) groups excluding carboxylic acids is 1. The number of nitrogens with zero attached hydrogens (tertiary/aromatic N) is 2. The number of nitrogens with one attached hydrogen (secondary N) is 1. The number of hydrazone groups is 1. The summed E-state index contributed by atoms with van der Waals surface area (Å²) < 4.78 is 1.93. The van der Waals surface area contributed by atoms with Gasteiger partial charge in [-0.25, -0.2) is 5.43 Å². The Morgan fingerprint density at radius 3 is 2.48 bits per heavy atom. The van der Waals surface area contributed by atoms with Crippen molar-refractivity contribution in [3.8, 4) is 0 Å². The molecule has 0 saturated heterocycles. The van der Waals surface area contributed by atoms with Gasteiger partial charge in [0.05, 0.1) is 5.71 Å². The topological polar surface area (TPSA) is 46.4 Å². The van der Waals surface area contributed by atoms with E-state index >= 15 is 0 Å². The van der Waals surface area contributed by atoms with Crippen LogP contribution in [0, 0.1) is 20.8 Å². The van der Waals surface area contributed by atoms with E-state index < -0.39 is 0 Å². The number of amides is 1. The second kappa shape index (κ2) is 6.93. The van der Waals surface area contributed by atoms with E-state index in [2.05, 4.69) is 43.4 Å². The fraction of sp³-hybridized carbons (Fsp3) is 0.238. The number of aryl methyl sites for hydroxylation is 3. The first-order chi connectivity index (χ1) is 12.0. The van der Waals surface area contributed by atoms with E-state index in [9.17, 15) is 4.79 Å². The first-order valence-corrected chi connectivity index (χ1v) is 8.41. The zero-order valence-electron chi connectivity index (χ0n) is 15.1. The summed E-state index contributed by atoms with van der Waals surface area (Å²) in [6.45, 7) is 8.40. The molecule has 1 aromatic heterocycles. The smallest absolute Gasteiger partial charge is 0.259 e. The van der Waals surface area contributed by atoms with Crippen LogP contribution in [0.2, 0.25) is 0 Å². The fourth-order valence-corrected chi connectivity index (χ4v) is 3.42. The minimum Gasteiger partial charge on any atom is -0.338 e. The molecule has 0 spiro atoms. The molecule has 4 heteroatoms. The third kappa shape index (κ3) is 3.63. The summed E-state index contributed by atoms with van der Waals surface area (Å²) in [7, 11) is 0. The molecule has 0 fully saturated rings. The summed E-state index contributed by atoms with van der Waals surface area (Å²) in [6.07, 6.45) is 1.93. The normalized spacial score (nSPS) is 11.8. The zero-order valence-corrected chi connectivity index (χ0v) is 15.1. The molecule has 0 aliphatic carbocycles. The molecule has 1 heterocycles. The van der Waals surface area contributed by atoms with Crippen LogP contribution in [0.4, 0.5) is 0 Å². The van der Waals surface area contributed by atoms with Crippen molar-refractivity contribution in [3.05, 3.63) is 70.9 Å². The Hall–Kier alpha value is -2.88. The van der Waals surface area contributed by atoms with Crippen LogP contribution >= 0.6 is 0 Å². The average molecular weight is 333 g/mol. The van der Waals surface area contributed by atoms with Gasteiger partial charge in [0.1, 0.15) is 6.54 Å². The standard InChI is InChI=1S/C21H23N3O/c1-14-11-15(2)21(16(3)12-14)17(4)22-23-20(25)13-24-10-9-18-7-5-6-8-19(18)24/h5-12H,13H2,1-4H3,(H,23,25)/b22-17-. The maximum Gasteiger partial charge on any atom is 0.259 e. The first-order valence-electron chi connectivity index (χ1n) is 8.41. The fourth-order valence-electron chi connectivity index (χ4n) is 3.42. The van der Waals surface area contributed by atoms with Crippen molar-refractivity contribution in [2.45, 2.75) is 34.2 Å². The molecule has 0 aliphatic heterocycles. The van der Waals surface area contributed by atoms with E-state index in [1.807, 2.05) is 48.0 Å². The minimum atomic E-state index is -0.136. The molecule has 3 rings (SSSR count). The largest absolute Gasteiger partial charge is 0.338 e. The van der Waals surface area contributed by atoms with Gasteiger partial charge < -0.3 is 4.57 Å². The van der Waals surface area contributed by atoms with Crippen LogP contribution < -0.4 is 5.43 Å². The molecule has 1 N–H and O–H groups in total. The third-order valence-corrected chi connectivity index (χ3v) is 4.38. The minimum absolute atomic E-state index is 0.136. The summed E-state index contributed by atoms with van der Waals surface area (Å²) in [5, 5.41) is 5.44. The van der Waals surface area contributed by atoms with Gasteiger partial charge in [0.15, 0.2) is 0 Å². The van der Waals surface area contributed by atoms with Crippen LogP contribution in [0.15, 0.2) is 53.8 Å². The van der Waals surface area contributed by atoms with E-state index in [0.29, 0.717) is 0 Å². The highest BCUT2D eigenvalue weighted by atomic mass is 16.2. The Morgan fingerprint density at radius 1 is 1.08 bits per heavy atom. The molecule has 25 heavy (non-hydrogen) atoms. The van der Waals surface area contributed by atoms with E-state index in [-0.39, 0.29) is 12.5 Å². The van der Waals surface area contributed by atoms with Crippen LogP contribution in [0.1, 0.15) is 29.2 Å². The molecule has 2 aromatic carbocycles. The Balaban J connectivity index is 1.74. The maximum atomic E-state index is 12.3. The lowest BCUT2D eigenvalue weighted by Crippen LogP contribution is -2.24. The molecule has 0 aliphatic rings. The Morgan fingerprint density at radius 2 is 1.76 bits per heavy atom. The quantitative estimate of drug-likeness (QED) is 0.567. The molecule has 4 nitrogen and oxygen atoms in total. The maximum absolute atomic E-state index is 12.3. The lowest BCUT2D eigenvalue weighted by Gasteiger charge is -2.11. The zero-order chi connectivity index (χ0) is 18.0. The molecule has 128 valence electrons. The van der Waals surface area contributed by atoms with Gasteiger partial charge in [-0.05, 0) is 56.3 Å². The van der Waals surface area contributed by atoms with Crippen molar-refractivity contribution in [1.82, 2.24) is 9.99 Å². The lowest BCUT2D eigenvalue weighted by molar-refractivity contribution is -0.121. The number of para-hydroxylation sites is 1. The predicted molar refractivity (Wildman–Crippen MR) is 103 cm³/mol. The second-order valence-corrected chi connectivity index (χ2v) is 6.51.